The summed E-state index contributed by atoms with van der Waals surface area (Å²) in [5.41, 5.74) is 2.41. The number of hydrogen-bond donors (Lipinski definition) is 2. The lowest BCUT2D eigenvalue weighted by molar-refractivity contribution is 0.0943. The standard InChI is InChI=1S/C25H19FN2O2S/c26-20-12-8-17(9-13-20)23(22-7-4-16-31-22)28-25(30)19-10-14-21(15-11-19)27-24(29)18-5-2-1-3-6-18/h1-16,23H,(H,27,29)(H,28,30). The molecule has 2 amide bonds. The van der Waals surface area contributed by atoms with Crippen LogP contribution in [0.3, 0.4) is 0 Å². The summed E-state index contributed by atoms with van der Waals surface area (Å²) in [5.74, 6) is -0.802. The average Bonchev–Trinajstić information content (AvgIpc) is 3.34. The maximum Gasteiger partial charge on any atom is 0.255 e. The molecule has 0 aliphatic heterocycles. The van der Waals surface area contributed by atoms with Gasteiger partial charge in [0.15, 0.2) is 0 Å². The molecule has 0 saturated heterocycles. The van der Waals surface area contributed by atoms with E-state index < -0.39 is 0 Å². The van der Waals surface area contributed by atoms with Crippen LogP contribution in [-0.2, 0) is 0 Å². The van der Waals surface area contributed by atoms with Gasteiger partial charge in [0.05, 0.1) is 6.04 Å². The zero-order chi connectivity index (χ0) is 21.6. The van der Waals surface area contributed by atoms with Crippen LogP contribution >= 0.6 is 11.3 Å². The van der Waals surface area contributed by atoms with Crippen molar-refractivity contribution in [2.75, 3.05) is 5.32 Å². The van der Waals surface area contributed by atoms with E-state index in [1.165, 1.54) is 23.5 Å². The molecule has 0 aliphatic rings. The van der Waals surface area contributed by atoms with Crippen LogP contribution in [0.25, 0.3) is 0 Å². The molecule has 6 heteroatoms. The number of hydrogen-bond acceptors (Lipinski definition) is 3. The van der Waals surface area contributed by atoms with Crippen LogP contribution in [0.5, 0.6) is 0 Å². The number of carbonyl (C=O) groups is 2. The molecular weight excluding hydrogens is 411 g/mol. The first-order valence-electron chi connectivity index (χ1n) is 9.66. The Bertz CT molecular complexity index is 1160. The summed E-state index contributed by atoms with van der Waals surface area (Å²) in [6, 6.07) is 25.2. The Morgan fingerprint density at radius 2 is 1.42 bits per heavy atom. The number of benzene rings is 3. The van der Waals surface area contributed by atoms with Crippen molar-refractivity contribution in [1.82, 2.24) is 5.32 Å². The second kappa shape index (κ2) is 9.36. The van der Waals surface area contributed by atoms with Gasteiger partial charge in [-0.3, -0.25) is 9.59 Å². The Morgan fingerprint density at radius 3 is 2.06 bits per heavy atom. The van der Waals surface area contributed by atoms with Gasteiger partial charge in [-0.15, -0.1) is 11.3 Å². The first-order chi connectivity index (χ1) is 15.1. The molecule has 0 spiro atoms. The molecule has 0 fully saturated rings. The first-order valence-corrected chi connectivity index (χ1v) is 10.5. The van der Waals surface area contributed by atoms with Crippen LogP contribution in [-0.4, -0.2) is 11.8 Å². The van der Waals surface area contributed by atoms with Crippen molar-refractivity contribution in [2.24, 2.45) is 0 Å². The lowest BCUT2D eigenvalue weighted by Gasteiger charge is -2.18. The third-order valence-corrected chi connectivity index (χ3v) is 5.68. The number of rotatable bonds is 6. The van der Waals surface area contributed by atoms with Crippen molar-refractivity contribution in [3.8, 4) is 0 Å². The summed E-state index contributed by atoms with van der Waals surface area (Å²) in [7, 11) is 0. The second-order valence-electron chi connectivity index (χ2n) is 6.87. The molecule has 2 N–H and O–H groups in total. The van der Waals surface area contributed by atoms with Crippen LogP contribution in [0.1, 0.15) is 37.2 Å². The predicted molar refractivity (Wildman–Crippen MR) is 121 cm³/mol. The molecule has 3 aromatic carbocycles. The van der Waals surface area contributed by atoms with Crippen LogP contribution in [0.2, 0.25) is 0 Å². The van der Waals surface area contributed by atoms with Gasteiger partial charge in [-0.2, -0.15) is 0 Å². The van der Waals surface area contributed by atoms with Crippen LogP contribution < -0.4 is 10.6 Å². The Kier molecular flexibility index (Phi) is 6.19. The summed E-state index contributed by atoms with van der Waals surface area (Å²) in [6.45, 7) is 0. The number of anilines is 1. The number of nitrogens with one attached hydrogen (secondary N) is 2. The monoisotopic (exact) mass is 430 g/mol. The fourth-order valence-corrected chi connectivity index (χ4v) is 3.94. The van der Waals surface area contributed by atoms with Crippen LogP contribution in [0.15, 0.2) is 96.4 Å². The summed E-state index contributed by atoms with van der Waals surface area (Å²) < 4.78 is 13.3. The van der Waals surface area contributed by atoms with E-state index in [1.54, 1.807) is 60.7 Å². The van der Waals surface area contributed by atoms with Crippen LogP contribution in [0.4, 0.5) is 10.1 Å². The molecule has 4 nitrogen and oxygen atoms in total. The fourth-order valence-electron chi connectivity index (χ4n) is 3.14. The zero-order valence-electron chi connectivity index (χ0n) is 16.4. The molecule has 0 bridgehead atoms. The zero-order valence-corrected chi connectivity index (χ0v) is 17.2. The molecule has 1 aromatic heterocycles. The molecular formula is C25H19FN2O2S. The van der Waals surface area contributed by atoms with Crippen molar-refractivity contribution >= 4 is 28.8 Å². The first kappa shape index (κ1) is 20.5. The van der Waals surface area contributed by atoms with Gasteiger partial charge in [0.1, 0.15) is 5.82 Å². The molecule has 0 saturated carbocycles. The third-order valence-electron chi connectivity index (χ3n) is 4.75. The average molecular weight is 431 g/mol. The smallest absolute Gasteiger partial charge is 0.255 e. The van der Waals surface area contributed by atoms with Crippen molar-refractivity contribution in [3.05, 3.63) is 124 Å². The Labute approximate surface area is 183 Å². The molecule has 0 radical (unpaired) electrons. The number of thiophene rings is 1. The van der Waals surface area contributed by atoms with E-state index in [1.807, 2.05) is 23.6 Å². The van der Waals surface area contributed by atoms with Gasteiger partial charge in [-0.25, -0.2) is 4.39 Å². The quantitative estimate of drug-likeness (QED) is 0.415. The van der Waals surface area contributed by atoms with Crippen molar-refractivity contribution in [2.45, 2.75) is 6.04 Å². The van der Waals surface area contributed by atoms with Gasteiger partial charge >= 0.3 is 0 Å². The highest BCUT2D eigenvalue weighted by molar-refractivity contribution is 7.10. The summed E-state index contributed by atoms with van der Waals surface area (Å²) >= 11 is 1.52. The van der Waals surface area contributed by atoms with Gasteiger partial charge in [0, 0.05) is 21.7 Å². The topological polar surface area (TPSA) is 58.2 Å². The van der Waals surface area contributed by atoms with E-state index in [0.29, 0.717) is 16.8 Å². The minimum absolute atomic E-state index is 0.216. The highest BCUT2D eigenvalue weighted by Crippen LogP contribution is 2.27. The van der Waals surface area contributed by atoms with Gasteiger partial charge in [-0.1, -0.05) is 36.4 Å². The molecule has 1 heterocycles. The van der Waals surface area contributed by atoms with Crippen molar-refractivity contribution < 1.29 is 14.0 Å². The van der Waals surface area contributed by atoms with Gasteiger partial charge in [0.25, 0.3) is 11.8 Å². The van der Waals surface area contributed by atoms with E-state index in [-0.39, 0.29) is 23.7 Å². The number of carbonyl (C=O) groups excluding carboxylic acids is 2. The van der Waals surface area contributed by atoms with Crippen LogP contribution in [0, 0.1) is 5.82 Å². The third kappa shape index (κ3) is 5.05. The van der Waals surface area contributed by atoms with E-state index in [4.69, 9.17) is 0 Å². The SMILES string of the molecule is O=C(Nc1ccc(C(=O)NC(c2ccc(F)cc2)c2cccs2)cc1)c1ccccc1. The van der Waals surface area contributed by atoms with E-state index in [9.17, 15) is 14.0 Å². The largest absolute Gasteiger partial charge is 0.340 e. The van der Waals surface area contributed by atoms with Crippen molar-refractivity contribution in [3.63, 3.8) is 0 Å². The Hall–Kier alpha value is -3.77. The Balaban J connectivity index is 1.48. The maximum absolute atomic E-state index is 13.3. The summed E-state index contributed by atoms with van der Waals surface area (Å²) in [6.07, 6.45) is 0. The minimum atomic E-state index is -0.384. The molecule has 1 atom stereocenters. The van der Waals surface area contributed by atoms with Crippen molar-refractivity contribution in [1.29, 1.82) is 0 Å². The maximum atomic E-state index is 13.3. The van der Waals surface area contributed by atoms with Gasteiger partial charge in [-0.05, 0) is 65.5 Å². The number of amides is 2. The molecule has 1 unspecified atom stereocenters. The van der Waals surface area contributed by atoms with Gasteiger partial charge < -0.3 is 10.6 Å². The van der Waals surface area contributed by atoms with E-state index in [0.717, 1.165) is 10.4 Å². The summed E-state index contributed by atoms with van der Waals surface area (Å²) in [5, 5.41) is 7.77. The predicted octanol–water partition coefficient (Wildman–Crippen LogP) is 5.66. The molecule has 154 valence electrons. The second-order valence-corrected chi connectivity index (χ2v) is 7.85. The van der Waals surface area contributed by atoms with E-state index in [2.05, 4.69) is 10.6 Å². The summed E-state index contributed by atoms with van der Waals surface area (Å²) in [4.78, 5) is 26.1. The normalized spacial score (nSPS) is 11.5. The highest BCUT2D eigenvalue weighted by atomic mass is 32.1. The highest BCUT2D eigenvalue weighted by Gasteiger charge is 2.19. The number of halogens is 1. The molecule has 4 aromatic rings. The molecule has 4 rings (SSSR count). The Morgan fingerprint density at radius 1 is 0.742 bits per heavy atom. The lowest BCUT2D eigenvalue weighted by atomic mass is 10.0. The lowest BCUT2D eigenvalue weighted by Crippen LogP contribution is -2.28. The van der Waals surface area contributed by atoms with E-state index >= 15 is 0 Å². The molecule has 31 heavy (non-hydrogen) atoms. The minimum Gasteiger partial charge on any atom is -0.340 e. The van der Waals surface area contributed by atoms with Gasteiger partial charge in [0.2, 0.25) is 0 Å². The fraction of sp³-hybridized carbons (Fsp3) is 0.0400. The molecule has 0 aliphatic carbocycles.